The van der Waals surface area contributed by atoms with Gasteiger partial charge in [0.2, 0.25) is 23.6 Å². The lowest BCUT2D eigenvalue weighted by Gasteiger charge is -2.54. The van der Waals surface area contributed by atoms with E-state index >= 15 is 0 Å². The summed E-state index contributed by atoms with van der Waals surface area (Å²) in [6, 6.07) is 0. The van der Waals surface area contributed by atoms with Gasteiger partial charge in [0.15, 0.2) is 0 Å². The van der Waals surface area contributed by atoms with E-state index in [9.17, 15) is 19.2 Å². The van der Waals surface area contributed by atoms with Crippen LogP contribution < -0.4 is 10.6 Å². The first-order valence-corrected chi connectivity index (χ1v) is 5.26. The lowest BCUT2D eigenvalue weighted by atomic mass is 9.51. The van der Waals surface area contributed by atoms with Crippen LogP contribution in [0.1, 0.15) is 19.3 Å². The number of rotatable bonds is 0. The monoisotopic (exact) mass is 222 g/mol. The molecule has 0 aromatic rings. The van der Waals surface area contributed by atoms with Crippen molar-refractivity contribution in [1.82, 2.24) is 10.6 Å². The van der Waals surface area contributed by atoms with E-state index in [4.69, 9.17) is 0 Å². The molecule has 3 aliphatic rings. The van der Waals surface area contributed by atoms with E-state index in [1.807, 2.05) is 0 Å². The van der Waals surface area contributed by atoms with Gasteiger partial charge in [-0.3, -0.25) is 29.8 Å². The fourth-order valence-corrected chi connectivity index (χ4v) is 3.14. The molecule has 0 aromatic heterocycles. The molecule has 3 fully saturated rings. The Kier molecular flexibility index (Phi) is 1.60. The molecule has 2 heterocycles. The second-order valence-corrected chi connectivity index (χ2v) is 4.66. The molecule has 0 atom stereocenters. The highest BCUT2D eigenvalue weighted by Gasteiger charge is 2.66. The summed E-state index contributed by atoms with van der Waals surface area (Å²) in [6.45, 7) is 0. The molecule has 1 aliphatic carbocycles. The Bertz CT molecular complexity index is 374. The summed E-state index contributed by atoms with van der Waals surface area (Å²) in [4.78, 5) is 46.5. The van der Waals surface area contributed by atoms with Crippen LogP contribution >= 0.6 is 0 Å². The van der Waals surface area contributed by atoms with Crippen LogP contribution in [0.3, 0.4) is 0 Å². The largest absolute Gasteiger partial charge is 0.295 e. The maximum Gasteiger partial charge on any atom is 0.239 e. The first-order valence-electron chi connectivity index (χ1n) is 5.26. The number of carbonyl (C=O) groups is 4. The van der Waals surface area contributed by atoms with Crippen molar-refractivity contribution in [3.05, 3.63) is 0 Å². The van der Waals surface area contributed by atoms with Crippen molar-refractivity contribution in [2.75, 3.05) is 0 Å². The van der Waals surface area contributed by atoms with E-state index in [0.717, 1.165) is 6.42 Å². The molecule has 6 nitrogen and oxygen atoms in total. The highest BCUT2D eigenvalue weighted by atomic mass is 16.2. The lowest BCUT2D eigenvalue weighted by molar-refractivity contribution is -0.173. The topological polar surface area (TPSA) is 92.3 Å². The summed E-state index contributed by atoms with van der Waals surface area (Å²) in [5, 5.41) is 4.21. The zero-order valence-corrected chi connectivity index (χ0v) is 8.41. The molecule has 0 radical (unpaired) electrons. The summed E-state index contributed by atoms with van der Waals surface area (Å²) in [5.41, 5.74) is -0.723. The van der Waals surface area contributed by atoms with Crippen molar-refractivity contribution in [3.8, 4) is 0 Å². The maximum atomic E-state index is 11.6. The van der Waals surface area contributed by atoms with Gasteiger partial charge in [-0.2, -0.15) is 0 Å². The molecule has 2 bridgehead atoms. The fourth-order valence-electron chi connectivity index (χ4n) is 3.14. The average molecular weight is 222 g/mol. The van der Waals surface area contributed by atoms with Crippen LogP contribution in [0.2, 0.25) is 0 Å². The van der Waals surface area contributed by atoms with Gasteiger partial charge in [0.1, 0.15) is 11.8 Å². The predicted molar refractivity (Wildman–Crippen MR) is 49.6 cm³/mol. The van der Waals surface area contributed by atoms with E-state index < -0.39 is 40.9 Å². The van der Waals surface area contributed by atoms with Crippen molar-refractivity contribution in [3.63, 3.8) is 0 Å². The molecular formula is C10H10N2O4. The third-order valence-corrected chi connectivity index (χ3v) is 3.98. The smallest absolute Gasteiger partial charge is 0.239 e. The number of amides is 4. The maximum absolute atomic E-state index is 11.6. The van der Waals surface area contributed by atoms with Crippen LogP contribution in [0.15, 0.2) is 0 Å². The highest BCUT2D eigenvalue weighted by Crippen LogP contribution is 2.56. The minimum atomic E-state index is -0.873. The number of hydrogen-bond donors (Lipinski definition) is 2. The minimum absolute atomic E-state index is 0.564. The molecule has 2 saturated heterocycles. The average Bonchev–Trinajstić information content (AvgIpc) is 2.12. The van der Waals surface area contributed by atoms with E-state index in [0.29, 0.717) is 12.8 Å². The van der Waals surface area contributed by atoms with E-state index in [2.05, 4.69) is 10.6 Å². The van der Waals surface area contributed by atoms with E-state index in [1.165, 1.54) is 0 Å². The van der Waals surface area contributed by atoms with Gasteiger partial charge in [0.25, 0.3) is 0 Å². The Morgan fingerprint density at radius 3 is 1.44 bits per heavy atom. The summed E-state index contributed by atoms with van der Waals surface area (Å²) in [7, 11) is 0. The Balaban J connectivity index is 2.14. The Morgan fingerprint density at radius 2 is 1.19 bits per heavy atom. The molecule has 0 unspecified atom stereocenters. The summed E-state index contributed by atoms with van der Waals surface area (Å²) >= 11 is 0. The fraction of sp³-hybridized carbons (Fsp3) is 0.600. The van der Waals surface area contributed by atoms with Crippen molar-refractivity contribution in [1.29, 1.82) is 0 Å². The summed E-state index contributed by atoms with van der Waals surface area (Å²) < 4.78 is 0. The molecule has 0 aromatic carbocycles. The molecule has 84 valence electrons. The molecular weight excluding hydrogens is 212 g/mol. The molecule has 3 rings (SSSR count). The number of carbonyl (C=O) groups excluding carboxylic acids is 4. The van der Waals surface area contributed by atoms with Gasteiger partial charge >= 0.3 is 0 Å². The van der Waals surface area contributed by atoms with Gasteiger partial charge in [-0.15, -0.1) is 0 Å². The first-order chi connectivity index (χ1) is 7.56. The second-order valence-electron chi connectivity index (χ2n) is 4.66. The zero-order valence-electron chi connectivity index (χ0n) is 8.41. The predicted octanol–water partition coefficient (Wildman–Crippen LogP) is -1.30. The Labute approximate surface area is 90.8 Å². The molecule has 2 N–H and O–H groups in total. The quantitative estimate of drug-likeness (QED) is 0.393. The van der Waals surface area contributed by atoms with Gasteiger partial charge in [-0.05, 0) is 12.8 Å². The second kappa shape index (κ2) is 2.69. The Morgan fingerprint density at radius 1 is 0.812 bits per heavy atom. The lowest BCUT2D eigenvalue weighted by Crippen LogP contribution is -2.72. The first kappa shape index (κ1) is 9.50. The van der Waals surface area contributed by atoms with Crippen molar-refractivity contribution >= 4 is 23.6 Å². The number of nitrogens with one attached hydrogen (secondary N) is 2. The third kappa shape index (κ3) is 0.874. The van der Waals surface area contributed by atoms with E-state index in [-0.39, 0.29) is 0 Å². The van der Waals surface area contributed by atoms with Gasteiger partial charge in [-0.25, -0.2) is 0 Å². The normalized spacial score (nSPS) is 35.5. The van der Waals surface area contributed by atoms with Crippen molar-refractivity contribution in [2.24, 2.45) is 17.3 Å². The van der Waals surface area contributed by atoms with Crippen LogP contribution in [0.4, 0.5) is 0 Å². The number of imide groups is 2. The highest BCUT2D eigenvalue weighted by molar-refractivity contribution is 6.22. The van der Waals surface area contributed by atoms with Crippen LogP contribution in [0, 0.1) is 17.3 Å². The van der Waals surface area contributed by atoms with E-state index in [1.54, 1.807) is 0 Å². The van der Waals surface area contributed by atoms with Crippen LogP contribution in [-0.4, -0.2) is 23.6 Å². The van der Waals surface area contributed by atoms with Gasteiger partial charge in [0.05, 0.1) is 0 Å². The standard InChI is InChI=1S/C10H10N2O4/c13-6-4-7(14)12-9(16)5(8(15)11-6)10(4)2-1-3-10/h4-5H,1-3H2,(H,11,13,15)(H,12,14,16). The third-order valence-electron chi connectivity index (χ3n) is 3.98. The van der Waals surface area contributed by atoms with Crippen LogP contribution in [0.25, 0.3) is 0 Å². The molecule has 6 heteroatoms. The SMILES string of the molecule is O=C1NC(=O)C2C(=O)NC(=O)C1C21CCC1. The number of hydrogen-bond acceptors (Lipinski definition) is 4. The van der Waals surface area contributed by atoms with Crippen molar-refractivity contribution < 1.29 is 19.2 Å². The Hall–Kier alpha value is -1.72. The van der Waals surface area contributed by atoms with Crippen LogP contribution in [0.5, 0.6) is 0 Å². The minimum Gasteiger partial charge on any atom is -0.295 e. The molecule has 16 heavy (non-hydrogen) atoms. The molecule has 2 aliphatic heterocycles. The zero-order chi connectivity index (χ0) is 11.5. The van der Waals surface area contributed by atoms with Gasteiger partial charge in [-0.1, -0.05) is 6.42 Å². The van der Waals surface area contributed by atoms with Gasteiger partial charge in [0, 0.05) is 5.41 Å². The van der Waals surface area contributed by atoms with Crippen LogP contribution in [-0.2, 0) is 19.2 Å². The molecule has 1 saturated carbocycles. The molecule has 4 amide bonds. The summed E-state index contributed by atoms with van der Waals surface area (Å²) in [5.74, 6) is -4.00. The molecule has 1 spiro atoms. The van der Waals surface area contributed by atoms with Gasteiger partial charge < -0.3 is 0 Å². The summed E-state index contributed by atoms with van der Waals surface area (Å²) in [6.07, 6.45) is 2.05. The van der Waals surface area contributed by atoms with Crippen molar-refractivity contribution in [2.45, 2.75) is 19.3 Å². The number of piperidine rings is 2.